The minimum atomic E-state index is 0.139. The first-order valence-corrected chi connectivity index (χ1v) is 11.2. The summed E-state index contributed by atoms with van der Waals surface area (Å²) in [6.45, 7) is 10.7. The Balaban J connectivity index is 1.23. The molecule has 4 rings (SSSR count). The molecule has 0 bridgehead atoms. The van der Waals surface area contributed by atoms with Gasteiger partial charge in [0, 0.05) is 64.1 Å². The van der Waals surface area contributed by atoms with Crippen LogP contribution in [0.4, 0.5) is 5.95 Å². The van der Waals surface area contributed by atoms with Crippen molar-refractivity contribution in [2.24, 2.45) is 5.92 Å². The van der Waals surface area contributed by atoms with Crippen molar-refractivity contribution >= 4 is 11.9 Å². The Hall–Kier alpha value is -2.47. The normalized spacial score (nSPS) is 18.8. The summed E-state index contributed by atoms with van der Waals surface area (Å²) in [7, 11) is 0. The number of anilines is 1. The second-order valence-corrected chi connectivity index (χ2v) is 8.81. The summed E-state index contributed by atoms with van der Waals surface area (Å²) in [4.78, 5) is 28.4. The minimum absolute atomic E-state index is 0.139. The number of carbonyl (C=O) groups excluding carboxylic acids is 1. The quantitative estimate of drug-likeness (QED) is 0.762. The van der Waals surface area contributed by atoms with Gasteiger partial charge in [0.05, 0.1) is 0 Å². The predicted octanol–water partition coefficient (Wildman–Crippen LogP) is 3.16. The van der Waals surface area contributed by atoms with Gasteiger partial charge in [0.25, 0.3) is 0 Å². The van der Waals surface area contributed by atoms with Crippen molar-refractivity contribution in [2.75, 3.05) is 44.2 Å². The molecule has 2 aromatic rings. The fourth-order valence-electron chi connectivity index (χ4n) is 4.43. The third kappa shape index (κ3) is 4.98. The summed E-state index contributed by atoms with van der Waals surface area (Å²) in [5.41, 5.74) is 2.74. The van der Waals surface area contributed by atoms with Gasteiger partial charge >= 0.3 is 0 Å². The lowest BCUT2D eigenvalue weighted by Gasteiger charge is -2.38. The van der Waals surface area contributed by atoms with E-state index in [1.54, 1.807) is 12.4 Å². The van der Waals surface area contributed by atoms with Crippen LogP contribution < -0.4 is 4.90 Å². The van der Waals surface area contributed by atoms with E-state index in [2.05, 4.69) is 62.8 Å². The predicted molar refractivity (Wildman–Crippen MR) is 119 cm³/mol. The van der Waals surface area contributed by atoms with Crippen LogP contribution in [0.1, 0.15) is 43.7 Å². The number of nitrogens with zero attached hydrogens (tertiary/aromatic N) is 5. The zero-order valence-electron chi connectivity index (χ0n) is 18.2. The Morgan fingerprint density at radius 3 is 2.20 bits per heavy atom. The Morgan fingerprint density at radius 2 is 1.60 bits per heavy atom. The van der Waals surface area contributed by atoms with Crippen molar-refractivity contribution in [3.63, 3.8) is 0 Å². The molecule has 0 unspecified atom stereocenters. The zero-order chi connectivity index (χ0) is 20.9. The van der Waals surface area contributed by atoms with Crippen LogP contribution in [0.5, 0.6) is 0 Å². The highest BCUT2D eigenvalue weighted by Crippen LogP contribution is 2.23. The number of aromatic nitrogens is 2. The molecule has 0 aliphatic carbocycles. The summed E-state index contributed by atoms with van der Waals surface area (Å²) in [6, 6.07) is 10.8. The van der Waals surface area contributed by atoms with Crippen molar-refractivity contribution in [3.05, 3.63) is 53.9 Å². The van der Waals surface area contributed by atoms with E-state index in [-0.39, 0.29) is 5.92 Å². The standard InChI is InChI=1S/C24H33N5O/c1-19(2)21-6-4-20(5-7-21)18-27-14-16-28(17-15-27)23(30)22-8-12-29(13-9-22)24-25-10-3-11-26-24/h3-7,10-11,19,22H,8-9,12-18H2,1-2H3. The van der Waals surface area contributed by atoms with Gasteiger partial charge in [-0.25, -0.2) is 9.97 Å². The van der Waals surface area contributed by atoms with Gasteiger partial charge < -0.3 is 9.80 Å². The fourth-order valence-corrected chi connectivity index (χ4v) is 4.43. The first kappa shape index (κ1) is 20.8. The highest BCUT2D eigenvalue weighted by atomic mass is 16.2. The van der Waals surface area contributed by atoms with Crippen LogP contribution >= 0.6 is 0 Å². The molecule has 0 radical (unpaired) electrons. The molecule has 0 saturated carbocycles. The average molecular weight is 408 g/mol. The fraction of sp³-hybridized carbons (Fsp3) is 0.542. The number of rotatable bonds is 5. The van der Waals surface area contributed by atoms with Gasteiger partial charge in [-0.1, -0.05) is 38.1 Å². The van der Waals surface area contributed by atoms with Gasteiger partial charge in [-0.05, 0) is 36.0 Å². The number of hydrogen-bond acceptors (Lipinski definition) is 5. The summed E-state index contributed by atoms with van der Waals surface area (Å²) in [6.07, 6.45) is 5.33. The van der Waals surface area contributed by atoms with E-state index >= 15 is 0 Å². The Bertz CT molecular complexity index is 807. The number of hydrogen-bond donors (Lipinski definition) is 0. The second kappa shape index (κ2) is 9.56. The largest absolute Gasteiger partial charge is 0.341 e. The topological polar surface area (TPSA) is 52.6 Å². The summed E-state index contributed by atoms with van der Waals surface area (Å²) >= 11 is 0. The summed E-state index contributed by atoms with van der Waals surface area (Å²) in [5.74, 6) is 1.82. The van der Waals surface area contributed by atoms with Crippen molar-refractivity contribution in [1.82, 2.24) is 19.8 Å². The third-order valence-corrected chi connectivity index (χ3v) is 6.42. The van der Waals surface area contributed by atoms with E-state index in [0.29, 0.717) is 11.8 Å². The molecule has 2 saturated heterocycles. The second-order valence-electron chi connectivity index (χ2n) is 8.81. The van der Waals surface area contributed by atoms with Crippen molar-refractivity contribution < 1.29 is 4.79 Å². The number of benzene rings is 1. The van der Waals surface area contributed by atoms with Gasteiger partial charge in [-0.2, -0.15) is 0 Å². The molecule has 0 spiro atoms. The zero-order valence-corrected chi connectivity index (χ0v) is 18.2. The highest BCUT2D eigenvalue weighted by molar-refractivity contribution is 5.79. The van der Waals surface area contributed by atoms with E-state index in [0.717, 1.165) is 64.6 Å². The van der Waals surface area contributed by atoms with Gasteiger partial charge in [-0.3, -0.25) is 9.69 Å². The van der Waals surface area contributed by atoms with E-state index in [1.807, 2.05) is 6.07 Å². The van der Waals surface area contributed by atoms with Crippen molar-refractivity contribution in [3.8, 4) is 0 Å². The van der Waals surface area contributed by atoms with Crippen LogP contribution in [0, 0.1) is 5.92 Å². The maximum Gasteiger partial charge on any atom is 0.225 e. The van der Waals surface area contributed by atoms with Gasteiger partial charge in [0.15, 0.2) is 0 Å². The maximum atomic E-state index is 13.0. The molecule has 1 aromatic heterocycles. The van der Waals surface area contributed by atoms with Gasteiger partial charge in [-0.15, -0.1) is 0 Å². The molecule has 6 nitrogen and oxygen atoms in total. The molecule has 0 N–H and O–H groups in total. The third-order valence-electron chi connectivity index (χ3n) is 6.42. The first-order chi connectivity index (χ1) is 14.6. The molecule has 6 heteroatoms. The lowest BCUT2D eigenvalue weighted by atomic mass is 9.95. The Labute approximate surface area is 179 Å². The number of carbonyl (C=O) groups is 1. The molecule has 30 heavy (non-hydrogen) atoms. The van der Waals surface area contributed by atoms with Gasteiger partial charge in [0.2, 0.25) is 11.9 Å². The molecule has 160 valence electrons. The molecule has 1 aromatic carbocycles. The smallest absolute Gasteiger partial charge is 0.225 e. The van der Waals surface area contributed by atoms with Crippen LogP contribution in [-0.4, -0.2) is 64.9 Å². The lowest BCUT2D eigenvalue weighted by molar-refractivity contribution is -0.138. The number of piperazine rings is 1. The molecule has 3 heterocycles. The van der Waals surface area contributed by atoms with Crippen LogP contribution in [-0.2, 0) is 11.3 Å². The van der Waals surface area contributed by atoms with E-state index in [4.69, 9.17) is 0 Å². The SMILES string of the molecule is CC(C)c1ccc(CN2CCN(C(=O)C3CCN(c4ncccn4)CC3)CC2)cc1. The van der Waals surface area contributed by atoms with Gasteiger partial charge in [0.1, 0.15) is 0 Å². The van der Waals surface area contributed by atoms with Crippen LogP contribution in [0.25, 0.3) is 0 Å². The summed E-state index contributed by atoms with van der Waals surface area (Å²) in [5, 5.41) is 0. The monoisotopic (exact) mass is 407 g/mol. The Morgan fingerprint density at radius 1 is 0.967 bits per heavy atom. The van der Waals surface area contributed by atoms with Crippen LogP contribution in [0.2, 0.25) is 0 Å². The molecule has 0 atom stereocenters. The number of piperidine rings is 1. The molecule has 2 fully saturated rings. The first-order valence-electron chi connectivity index (χ1n) is 11.2. The highest BCUT2D eigenvalue weighted by Gasteiger charge is 2.31. The van der Waals surface area contributed by atoms with Crippen LogP contribution in [0.3, 0.4) is 0 Å². The minimum Gasteiger partial charge on any atom is -0.341 e. The molecular formula is C24H33N5O. The Kier molecular flexibility index (Phi) is 6.62. The molecule has 1 amide bonds. The maximum absolute atomic E-state index is 13.0. The van der Waals surface area contributed by atoms with E-state index in [1.165, 1.54) is 11.1 Å². The summed E-state index contributed by atoms with van der Waals surface area (Å²) < 4.78 is 0. The molecule has 2 aliphatic heterocycles. The average Bonchev–Trinajstić information content (AvgIpc) is 2.80. The van der Waals surface area contributed by atoms with E-state index < -0.39 is 0 Å². The van der Waals surface area contributed by atoms with E-state index in [9.17, 15) is 4.79 Å². The lowest BCUT2D eigenvalue weighted by Crippen LogP contribution is -2.51. The number of amides is 1. The van der Waals surface area contributed by atoms with Crippen LogP contribution in [0.15, 0.2) is 42.7 Å². The molecule has 2 aliphatic rings. The molecular weight excluding hydrogens is 374 g/mol. The van der Waals surface area contributed by atoms with Crippen molar-refractivity contribution in [2.45, 2.75) is 39.2 Å². The van der Waals surface area contributed by atoms with Crippen molar-refractivity contribution in [1.29, 1.82) is 0 Å².